The summed E-state index contributed by atoms with van der Waals surface area (Å²) in [5.41, 5.74) is 1.13. The normalized spacial score (nSPS) is 20.3. The average Bonchev–Trinajstić information content (AvgIpc) is 2.48. The number of hydrogen-bond donors (Lipinski definition) is 1. The maximum Gasteiger partial charge on any atom is 0.0789 e. The molecule has 0 spiro atoms. The Balaban J connectivity index is 1.98. The number of hydrogen-bond acceptors (Lipinski definition) is 1. The van der Waals surface area contributed by atoms with Gasteiger partial charge in [0.05, 0.1) is 6.10 Å². The van der Waals surface area contributed by atoms with Crippen LogP contribution in [-0.2, 0) is 0 Å². The van der Waals surface area contributed by atoms with E-state index in [1.807, 2.05) is 48.6 Å². The molecule has 1 aromatic carbocycles. The summed E-state index contributed by atoms with van der Waals surface area (Å²) >= 11 is 0. The van der Waals surface area contributed by atoms with Gasteiger partial charge < -0.3 is 5.11 Å². The fraction of sp³-hybridized carbons (Fsp3) is 0.444. The molecule has 102 valence electrons. The molecule has 1 N–H and O–H groups in total. The van der Waals surface area contributed by atoms with Crippen LogP contribution in [0.4, 0.5) is 0 Å². The maximum absolute atomic E-state index is 10.4. The minimum Gasteiger partial charge on any atom is -0.388 e. The standard InChI is InChI=1S/C18H24O/c1-2-17(16-11-7-4-8-12-16)18(19)14-13-15-9-5-3-6-10-15/h2-3,5-6,9-10,13-14,16-19H,1,4,7-8,11-12H2/b14-13+/t17-,18-/m1/s1. The molecule has 0 saturated heterocycles. The van der Waals surface area contributed by atoms with E-state index in [9.17, 15) is 5.11 Å². The third kappa shape index (κ3) is 4.07. The van der Waals surface area contributed by atoms with Crippen molar-refractivity contribution in [2.24, 2.45) is 11.8 Å². The van der Waals surface area contributed by atoms with Crippen LogP contribution < -0.4 is 0 Å². The van der Waals surface area contributed by atoms with Gasteiger partial charge in [-0.1, -0.05) is 67.8 Å². The van der Waals surface area contributed by atoms with Gasteiger partial charge in [0.25, 0.3) is 0 Å². The topological polar surface area (TPSA) is 20.2 Å². The molecule has 2 atom stereocenters. The van der Waals surface area contributed by atoms with Crippen molar-refractivity contribution < 1.29 is 5.11 Å². The van der Waals surface area contributed by atoms with Crippen molar-refractivity contribution in [3.63, 3.8) is 0 Å². The van der Waals surface area contributed by atoms with Gasteiger partial charge in [0.1, 0.15) is 0 Å². The highest BCUT2D eigenvalue weighted by molar-refractivity contribution is 5.49. The van der Waals surface area contributed by atoms with Crippen LogP contribution in [0.25, 0.3) is 6.08 Å². The lowest BCUT2D eigenvalue weighted by Gasteiger charge is -2.30. The molecule has 1 aromatic rings. The maximum atomic E-state index is 10.4. The fourth-order valence-electron chi connectivity index (χ4n) is 3.03. The molecule has 1 aliphatic rings. The first-order valence-electron chi connectivity index (χ1n) is 7.35. The van der Waals surface area contributed by atoms with Gasteiger partial charge in [0.2, 0.25) is 0 Å². The second kappa shape index (κ2) is 7.30. The molecule has 0 aromatic heterocycles. The lowest BCUT2D eigenvalue weighted by atomic mass is 9.77. The zero-order valence-electron chi connectivity index (χ0n) is 11.5. The molecule has 1 saturated carbocycles. The minimum absolute atomic E-state index is 0.195. The van der Waals surface area contributed by atoms with E-state index < -0.39 is 6.10 Å². The van der Waals surface area contributed by atoms with E-state index in [1.165, 1.54) is 32.1 Å². The van der Waals surface area contributed by atoms with E-state index in [2.05, 4.69) is 6.58 Å². The van der Waals surface area contributed by atoms with E-state index >= 15 is 0 Å². The van der Waals surface area contributed by atoms with Crippen LogP contribution in [0.3, 0.4) is 0 Å². The van der Waals surface area contributed by atoms with Crippen molar-refractivity contribution in [1.82, 2.24) is 0 Å². The van der Waals surface area contributed by atoms with E-state index in [1.54, 1.807) is 0 Å². The first-order valence-corrected chi connectivity index (χ1v) is 7.35. The zero-order valence-corrected chi connectivity index (χ0v) is 11.5. The highest BCUT2D eigenvalue weighted by Gasteiger charge is 2.25. The highest BCUT2D eigenvalue weighted by atomic mass is 16.3. The van der Waals surface area contributed by atoms with Crippen LogP contribution in [-0.4, -0.2) is 11.2 Å². The predicted octanol–water partition coefficient (Wildman–Crippen LogP) is 4.44. The van der Waals surface area contributed by atoms with Crippen molar-refractivity contribution in [3.8, 4) is 0 Å². The lowest BCUT2D eigenvalue weighted by molar-refractivity contribution is 0.123. The van der Waals surface area contributed by atoms with Gasteiger partial charge in [-0.05, 0) is 24.3 Å². The quantitative estimate of drug-likeness (QED) is 0.772. The molecule has 1 aliphatic carbocycles. The van der Waals surface area contributed by atoms with Crippen LogP contribution in [0.5, 0.6) is 0 Å². The van der Waals surface area contributed by atoms with E-state index in [4.69, 9.17) is 0 Å². The van der Waals surface area contributed by atoms with Crippen LogP contribution in [0.15, 0.2) is 49.1 Å². The summed E-state index contributed by atoms with van der Waals surface area (Å²) in [7, 11) is 0. The minimum atomic E-state index is -0.416. The Labute approximate surface area is 116 Å². The molecule has 0 aliphatic heterocycles. The van der Waals surface area contributed by atoms with Crippen molar-refractivity contribution in [2.75, 3.05) is 0 Å². The van der Waals surface area contributed by atoms with Gasteiger partial charge in [-0.15, -0.1) is 6.58 Å². The first-order chi connectivity index (χ1) is 9.31. The Bertz CT molecular complexity index is 401. The summed E-state index contributed by atoms with van der Waals surface area (Å²) in [5, 5.41) is 10.4. The Morgan fingerprint density at radius 1 is 1.11 bits per heavy atom. The third-order valence-corrected chi connectivity index (χ3v) is 4.15. The molecule has 1 nitrogen and oxygen atoms in total. The Kier molecular flexibility index (Phi) is 5.41. The molecule has 0 amide bonds. The third-order valence-electron chi connectivity index (χ3n) is 4.15. The Morgan fingerprint density at radius 2 is 1.79 bits per heavy atom. The summed E-state index contributed by atoms with van der Waals surface area (Å²) < 4.78 is 0. The van der Waals surface area contributed by atoms with Gasteiger partial charge in [-0.2, -0.15) is 0 Å². The van der Waals surface area contributed by atoms with Crippen LogP contribution in [0.2, 0.25) is 0 Å². The highest BCUT2D eigenvalue weighted by Crippen LogP contribution is 2.32. The molecule has 0 heterocycles. The number of aliphatic hydroxyl groups excluding tert-OH is 1. The predicted molar refractivity (Wildman–Crippen MR) is 81.7 cm³/mol. The second-order valence-corrected chi connectivity index (χ2v) is 5.47. The van der Waals surface area contributed by atoms with Crippen LogP contribution >= 0.6 is 0 Å². The van der Waals surface area contributed by atoms with E-state index in [0.29, 0.717) is 5.92 Å². The van der Waals surface area contributed by atoms with Crippen molar-refractivity contribution in [3.05, 3.63) is 54.6 Å². The Hall–Kier alpha value is -1.34. The molecule has 0 bridgehead atoms. The summed E-state index contributed by atoms with van der Waals surface area (Å²) in [4.78, 5) is 0. The number of aliphatic hydroxyl groups is 1. The van der Waals surface area contributed by atoms with Crippen molar-refractivity contribution in [1.29, 1.82) is 0 Å². The van der Waals surface area contributed by atoms with Gasteiger partial charge in [-0.3, -0.25) is 0 Å². The van der Waals surface area contributed by atoms with Crippen LogP contribution in [0, 0.1) is 11.8 Å². The zero-order chi connectivity index (χ0) is 13.5. The lowest BCUT2D eigenvalue weighted by Crippen LogP contribution is -2.26. The van der Waals surface area contributed by atoms with Gasteiger partial charge >= 0.3 is 0 Å². The summed E-state index contributed by atoms with van der Waals surface area (Å²) in [6.07, 6.45) is 11.8. The van der Waals surface area contributed by atoms with Gasteiger partial charge in [0.15, 0.2) is 0 Å². The van der Waals surface area contributed by atoms with Gasteiger partial charge in [-0.25, -0.2) is 0 Å². The molecule has 0 radical (unpaired) electrons. The Morgan fingerprint density at radius 3 is 2.42 bits per heavy atom. The largest absolute Gasteiger partial charge is 0.388 e. The molecule has 1 fully saturated rings. The number of rotatable bonds is 5. The molecular formula is C18H24O. The molecule has 1 heteroatoms. The van der Waals surface area contributed by atoms with E-state index in [0.717, 1.165) is 5.56 Å². The second-order valence-electron chi connectivity index (χ2n) is 5.47. The smallest absolute Gasteiger partial charge is 0.0789 e. The number of benzene rings is 1. The molecule has 19 heavy (non-hydrogen) atoms. The summed E-state index contributed by atoms with van der Waals surface area (Å²) in [5.74, 6) is 0.793. The summed E-state index contributed by atoms with van der Waals surface area (Å²) in [6, 6.07) is 10.1. The van der Waals surface area contributed by atoms with Crippen molar-refractivity contribution >= 4 is 6.08 Å². The van der Waals surface area contributed by atoms with Gasteiger partial charge in [0, 0.05) is 5.92 Å². The summed E-state index contributed by atoms with van der Waals surface area (Å²) in [6.45, 7) is 3.92. The average molecular weight is 256 g/mol. The first kappa shape index (κ1) is 14.1. The monoisotopic (exact) mass is 256 g/mol. The fourth-order valence-corrected chi connectivity index (χ4v) is 3.03. The SMILES string of the molecule is C=C[C@H](C1CCCCC1)[C@H](O)/C=C/c1ccccc1. The molecule has 0 unspecified atom stereocenters. The molecule has 2 rings (SSSR count). The van der Waals surface area contributed by atoms with Crippen LogP contribution in [0.1, 0.15) is 37.7 Å². The van der Waals surface area contributed by atoms with Crippen molar-refractivity contribution in [2.45, 2.75) is 38.2 Å². The van der Waals surface area contributed by atoms with E-state index in [-0.39, 0.29) is 5.92 Å². The molecular weight excluding hydrogens is 232 g/mol.